The summed E-state index contributed by atoms with van der Waals surface area (Å²) in [6, 6.07) is 13.5. The lowest BCUT2D eigenvalue weighted by Crippen LogP contribution is -2.30. The minimum atomic E-state index is -1.13. The number of hydrogen-bond acceptors (Lipinski definition) is 3. The maximum Gasteiger partial charge on any atom is 0.265 e. The predicted octanol–water partition coefficient (Wildman–Crippen LogP) is 4.11. The van der Waals surface area contributed by atoms with Crippen molar-refractivity contribution in [2.24, 2.45) is 0 Å². The standard InChI is InChI=1S/C22H14F3N3O2/c23-17-6-2-1-4-14(17)12-28-20-13(5-3-9-26-20)10-16(22(28)30)21(29)27-15-7-8-18(24)19(25)11-15/h1-11H,12H2,(H,27,29). The van der Waals surface area contributed by atoms with Gasteiger partial charge in [0, 0.05) is 28.9 Å². The van der Waals surface area contributed by atoms with Gasteiger partial charge >= 0.3 is 0 Å². The largest absolute Gasteiger partial charge is 0.322 e. The molecule has 0 atom stereocenters. The second-order valence-electron chi connectivity index (χ2n) is 6.54. The van der Waals surface area contributed by atoms with Crippen LogP contribution < -0.4 is 10.9 Å². The van der Waals surface area contributed by atoms with Crippen LogP contribution in [0.1, 0.15) is 15.9 Å². The molecule has 30 heavy (non-hydrogen) atoms. The second-order valence-corrected chi connectivity index (χ2v) is 6.54. The van der Waals surface area contributed by atoms with Crippen LogP contribution >= 0.6 is 0 Å². The summed E-state index contributed by atoms with van der Waals surface area (Å²) in [7, 11) is 0. The normalized spacial score (nSPS) is 10.9. The highest BCUT2D eigenvalue weighted by Gasteiger charge is 2.18. The molecular formula is C22H14F3N3O2. The van der Waals surface area contributed by atoms with Gasteiger partial charge in [-0.15, -0.1) is 0 Å². The summed E-state index contributed by atoms with van der Waals surface area (Å²) in [5.74, 6) is -3.49. The van der Waals surface area contributed by atoms with E-state index < -0.39 is 28.9 Å². The van der Waals surface area contributed by atoms with Crippen LogP contribution in [0.2, 0.25) is 0 Å². The minimum Gasteiger partial charge on any atom is -0.322 e. The van der Waals surface area contributed by atoms with E-state index in [2.05, 4.69) is 10.3 Å². The second kappa shape index (κ2) is 7.82. The third-order valence-corrected chi connectivity index (χ3v) is 4.56. The molecule has 4 rings (SSSR count). The number of nitrogens with zero attached hydrogens (tertiary/aromatic N) is 2. The van der Waals surface area contributed by atoms with E-state index in [1.54, 1.807) is 18.2 Å². The van der Waals surface area contributed by atoms with Crippen molar-refractivity contribution < 1.29 is 18.0 Å². The summed E-state index contributed by atoms with van der Waals surface area (Å²) in [4.78, 5) is 30.0. The quantitative estimate of drug-likeness (QED) is 0.552. The molecule has 0 aliphatic carbocycles. The highest BCUT2D eigenvalue weighted by Crippen LogP contribution is 2.17. The van der Waals surface area contributed by atoms with Crippen LogP contribution in [0, 0.1) is 17.5 Å². The van der Waals surface area contributed by atoms with E-state index in [4.69, 9.17) is 0 Å². The van der Waals surface area contributed by atoms with Gasteiger partial charge in [-0.05, 0) is 36.4 Å². The Morgan fingerprint density at radius 3 is 2.50 bits per heavy atom. The van der Waals surface area contributed by atoms with E-state index >= 15 is 0 Å². The van der Waals surface area contributed by atoms with Crippen LogP contribution in [0.4, 0.5) is 18.9 Å². The predicted molar refractivity (Wildman–Crippen MR) is 106 cm³/mol. The fourth-order valence-corrected chi connectivity index (χ4v) is 3.09. The molecule has 0 saturated carbocycles. The van der Waals surface area contributed by atoms with Gasteiger partial charge in [0.2, 0.25) is 0 Å². The SMILES string of the molecule is O=C(Nc1ccc(F)c(F)c1)c1cc2cccnc2n(Cc2ccccc2F)c1=O. The number of rotatable bonds is 4. The zero-order chi connectivity index (χ0) is 21.3. The molecule has 0 spiro atoms. The van der Waals surface area contributed by atoms with Gasteiger partial charge in [0.1, 0.15) is 17.0 Å². The third kappa shape index (κ3) is 3.67. The minimum absolute atomic E-state index is 0.00904. The Morgan fingerprint density at radius 1 is 0.933 bits per heavy atom. The number of fused-ring (bicyclic) bond motifs is 1. The molecule has 0 radical (unpaired) electrons. The molecule has 0 bridgehead atoms. The number of nitrogens with one attached hydrogen (secondary N) is 1. The van der Waals surface area contributed by atoms with Crippen molar-refractivity contribution in [3.8, 4) is 0 Å². The number of carbonyl (C=O) groups is 1. The molecule has 0 unspecified atom stereocenters. The fraction of sp³-hybridized carbons (Fsp3) is 0.0455. The number of aromatic nitrogens is 2. The highest BCUT2D eigenvalue weighted by atomic mass is 19.2. The molecule has 1 N–H and O–H groups in total. The highest BCUT2D eigenvalue weighted by molar-refractivity contribution is 6.05. The van der Waals surface area contributed by atoms with Crippen molar-refractivity contribution >= 4 is 22.6 Å². The Labute approximate surface area is 168 Å². The van der Waals surface area contributed by atoms with Gasteiger partial charge in [-0.2, -0.15) is 0 Å². The van der Waals surface area contributed by atoms with Gasteiger partial charge in [0.25, 0.3) is 11.5 Å². The maximum atomic E-state index is 14.1. The van der Waals surface area contributed by atoms with Gasteiger partial charge in [-0.1, -0.05) is 18.2 Å². The van der Waals surface area contributed by atoms with Crippen molar-refractivity contribution in [1.82, 2.24) is 9.55 Å². The van der Waals surface area contributed by atoms with Crippen molar-refractivity contribution in [2.45, 2.75) is 6.54 Å². The third-order valence-electron chi connectivity index (χ3n) is 4.56. The smallest absolute Gasteiger partial charge is 0.265 e. The summed E-state index contributed by atoms with van der Waals surface area (Å²) in [6.07, 6.45) is 1.49. The van der Waals surface area contributed by atoms with E-state index in [1.165, 1.54) is 41.1 Å². The number of halogens is 3. The Morgan fingerprint density at radius 2 is 1.73 bits per heavy atom. The lowest BCUT2D eigenvalue weighted by Gasteiger charge is -2.13. The molecule has 0 fully saturated rings. The Hall–Kier alpha value is -3.94. The molecule has 2 heterocycles. The van der Waals surface area contributed by atoms with Crippen LogP contribution in [0.25, 0.3) is 11.0 Å². The van der Waals surface area contributed by atoms with Gasteiger partial charge < -0.3 is 5.32 Å². The van der Waals surface area contributed by atoms with Crippen LogP contribution in [-0.2, 0) is 6.54 Å². The summed E-state index contributed by atoms with van der Waals surface area (Å²) in [6.45, 7) is -0.134. The Balaban J connectivity index is 1.79. The average Bonchev–Trinajstić information content (AvgIpc) is 2.74. The van der Waals surface area contributed by atoms with E-state index in [0.29, 0.717) is 5.39 Å². The lowest BCUT2D eigenvalue weighted by molar-refractivity contribution is 0.102. The molecule has 4 aromatic rings. The van der Waals surface area contributed by atoms with E-state index in [0.717, 1.165) is 12.1 Å². The van der Waals surface area contributed by atoms with Crippen LogP contribution in [0.3, 0.4) is 0 Å². The molecule has 150 valence electrons. The first kappa shape index (κ1) is 19.4. The summed E-state index contributed by atoms with van der Waals surface area (Å²) < 4.78 is 41.9. The number of anilines is 1. The number of benzene rings is 2. The Bertz CT molecular complexity index is 1340. The van der Waals surface area contributed by atoms with Crippen LogP contribution in [0.5, 0.6) is 0 Å². The fourth-order valence-electron chi connectivity index (χ4n) is 3.09. The summed E-state index contributed by atoms with van der Waals surface area (Å²) >= 11 is 0. The molecule has 2 aromatic heterocycles. The first-order valence-corrected chi connectivity index (χ1v) is 8.92. The molecule has 8 heteroatoms. The summed E-state index contributed by atoms with van der Waals surface area (Å²) in [5.41, 5.74) is -0.397. The Kier molecular flexibility index (Phi) is 5.05. The zero-order valence-corrected chi connectivity index (χ0v) is 15.4. The van der Waals surface area contributed by atoms with E-state index in [-0.39, 0.29) is 29.0 Å². The zero-order valence-electron chi connectivity index (χ0n) is 15.4. The topological polar surface area (TPSA) is 64.0 Å². The summed E-state index contributed by atoms with van der Waals surface area (Å²) in [5, 5.41) is 2.87. The van der Waals surface area contributed by atoms with Crippen molar-refractivity contribution in [3.05, 3.63) is 106 Å². The number of amides is 1. The van der Waals surface area contributed by atoms with Crippen molar-refractivity contribution in [1.29, 1.82) is 0 Å². The van der Waals surface area contributed by atoms with Gasteiger partial charge in [0.15, 0.2) is 11.6 Å². The number of hydrogen-bond donors (Lipinski definition) is 1. The lowest BCUT2D eigenvalue weighted by atomic mass is 10.1. The molecule has 0 saturated heterocycles. The first-order valence-electron chi connectivity index (χ1n) is 8.92. The molecule has 5 nitrogen and oxygen atoms in total. The molecule has 1 amide bonds. The molecular weight excluding hydrogens is 395 g/mol. The molecule has 0 aliphatic heterocycles. The van der Waals surface area contributed by atoms with Crippen LogP contribution in [-0.4, -0.2) is 15.5 Å². The molecule has 0 aliphatic rings. The van der Waals surface area contributed by atoms with Crippen molar-refractivity contribution in [3.63, 3.8) is 0 Å². The van der Waals surface area contributed by atoms with E-state index in [9.17, 15) is 22.8 Å². The monoisotopic (exact) mass is 409 g/mol. The van der Waals surface area contributed by atoms with Crippen LogP contribution in [0.15, 0.2) is 71.7 Å². The van der Waals surface area contributed by atoms with Gasteiger partial charge in [-0.25, -0.2) is 18.2 Å². The number of carbonyl (C=O) groups excluding carboxylic acids is 1. The van der Waals surface area contributed by atoms with Gasteiger partial charge in [0.05, 0.1) is 6.54 Å². The van der Waals surface area contributed by atoms with Crippen molar-refractivity contribution in [2.75, 3.05) is 5.32 Å². The van der Waals surface area contributed by atoms with E-state index in [1.807, 2.05) is 0 Å². The first-order chi connectivity index (χ1) is 14.4. The maximum absolute atomic E-state index is 14.1. The average molecular weight is 409 g/mol. The number of pyridine rings is 2. The van der Waals surface area contributed by atoms with Gasteiger partial charge in [-0.3, -0.25) is 14.2 Å². The molecule has 2 aromatic carbocycles.